The summed E-state index contributed by atoms with van der Waals surface area (Å²) >= 11 is 3.53. The number of ketones is 1. The minimum absolute atomic E-state index is 0.0781. The molecule has 602 valence electrons. The second kappa shape index (κ2) is 64.5. The average molecular weight is 1520 g/mol. The zero-order chi connectivity index (χ0) is 81.7. The number of carbonyl (C=O) groups is 9. The van der Waals surface area contributed by atoms with E-state index < -0.39 is 48.3 Å². The molecule has 0 N–H and O–H groups in total. The van der Waals surface area contributed by atoms with Crippen molar-refractivity contribution in [2.75, 3.05) is 170 Å². The number of ether oxygens (including phenoxy) is 17. The predicted molar refractivity (Wildman–Crippen MR) is 382 cm³/mol. The Morgan fingerprint density at radius 1 is 0.702 bits per heavy atom. The van der Waals surface area contributed by atoms with Crippen molar-refractivity contribution in [3.05, 3.63) is 99.4 Å². The lowest BCUT2D eigenvalue weighted by Crippen LogP contribution is -2.45. The summed E-state index contributed by atoms with van der Waals surface area (Å²) in [6, 6.07) is 0. The number of epoxide rings is 5. The summed E-state index contributed by atoms with van der Waals surface area (Å²) < 4.78 is 114. The Kier molecular flexibility index (Phi) is 67.1. The quantitative estimate of drug-likeness (QED) is 0.0147. The second-order valence-corrected chi connectivity index (χ2v) is 22.7. The summed E-state index contributed by atoms with van der Waals surface area (Å²) in [7, 11) is 16.2. The normalized spacial score (nSPS) is 20.9. The highest BCUT2D eigenvalue weighted by molar-refractivity contribution is 7.79. The number of carbonyl (C=O) groups excluding carboxylic acids is 9. The van der Waals surface area contributed by atoms with Gasteiger partial charge in [0.05, 0.1) is 131 Å². The molecule has 1 aliphatic carbocycles. The van der Waals surface area contributed by atoms with Crippen LogP contribution in [-0.2, 0) is 124 Å². The number of nitrogens with zero attached hydrogens (tertiary/aromatic N) is 2. The van der Waals surface area contributed by atoms with E-state index in [1.165, 1.54) is 72.5 Å². The van der Waals surface area contributed by atoms with Crippen LogP contribution >= 0.6 is 12.6 Å². The Hall–Kier alpha value is -6.83. The van der Waals surface area contributed by atoms with Crippen LogP contribution in [0.25, 0.3) is 0 Å². The van der Waals surface area contributed by atoms with Gasteiger partial charge in [0.2, 0.25) is 0 Å². The van der Waals surface area contributed by atoms with E-state index >= 15 is 0 Å². The molecule has 4 amide bonds. The lowest BCUT2D eigenvalue weighted by atomic mass is 9.84. The van der Waals surface area contributed by atoms with E-state index in [-0.39, 0.29) is 47.9 Å². The van der Waals surface area contributed by atoms with E-state index in [9.17, 15) is 61.4 Å². The second-order valence-electron chi connectivity index (χ2n) is 22.7. The van der Waals surface area contributed by atoms with Crippen LogP contribution in [0.4, 0.5) is 13.2 Å². The first-order valence-electron chi connectivity index (χ1n) is 32.0. The van der Waals surface area contributed by atoms with Crippen molar-refractivity contribution < 1.29 is 142 Å². The van der Waals surface area contributed by atoms with Gasteiger partial charge in [0.25, 0.3) is 23.6 Å². The number of likely N-dealkylation sites (N-methyl/N-ethyl adjacent to an activating group) is 1. The third-order valence-corrected chi connectivity index (χ3v) is 13.4. The number of amides is 4. The molecule has 0 radical (unpaired) electrons. The number of thiol groups is 1. The lowest BCUT2D eigenvalue weighted by molar-refractivity contribution is -0.429. The monoisotopic (exact) mass is 1520 g/mol. The summed E-state index contributed by atoms with van der Waals surface area (Å²) in [6.45, 7) is 40.3. The highest BCUT2D eigenvalue weighted by Crippen LogP contribution is 2.39. The van der Waals surface area contributed by atoms with Crippen molar-refractivity contribution in [3.63, 3.8) is 0 Å². The molecular formula is C71H118F3N2O27S-. The maximum Gasteiger partial charge on any atom is 0.422 e. The molecule has 1 saturated carbocycles. The fourth-order valence-electron chi connectivity index (χ4n) is 6.41. The molecular weight excluding hydrogens is 1400 g/mol. The minimum Gasteiger partial charge on any atom is -0.834 e. The lowest BCUT2D eigenvalue weighted by Gasteiger charge is -2.39. The molecule has 8 heterocycles. The molecule has 8 aliphatic heterocycles. The smallest absolute Gasteiger partial charge is 0.422 e. The molecule has 7 atom stereocenters. The van der Waals surface area contributed by atoms with Gasteiger partial charge in [-0.2, -0.15) is 25.8 Å². The van der Waals surface area contributed by atoms with Gasteiger partial charge in [-0.1, -0.05) is 45.9 Å². The van der Waals surface area contributed by atoms with E-state index in [4.69, 9.17) is 47.4 Å². The molecule has 6 saturated heterocycles. The average Bonchev–Trinajstić information content (AvgIpc) is 1.48. The zero-order valence-corrected chi connectivity index (χ0v) is 65.2. The minimum atomic E-state index is -4.69. The van der Waals surface area contributed by atoms with Gasteiger partial charge in [-0.3, -0.25) is 38.6 Å². The third kappa shape index (κ3) is 62.5. The first kappa shape index (κ1) is 108. The summed E-state index contributed by atoms with van der Waals surface area (Å²) in [4.78, 5) is 95.4. The van der Waals surface area contributed by atoms with Crippen LogP contribution in [0.1, 0.15) is 74.1 Å². The molecule has 29 nitrogen and oxygen atoms in total. The molecule has 33 heteroatoms. The van der Waals surface area contributed by atoms with E-state index in [1.807, 2.05) is 6.92 Å². The van der Waals surface area contributed by atoms with Crippen molar-refractivity contribution in [2.24, 2.45) is 11.3 Å². The van der Waals surface area contributed by atoms with Crippen LogP contribution in [0, 0.1) is 11.3 Å². The SMILES string of the molecule is C=C(C(=O)OC)C(F)(F)F.C=C(C)C(=O)OC.C=CC(=O)COC[O-].C=CC(=O)OC.C=CCOC.C=COC.CC1CO1.CC1OC1(C)C.CCC1(COC)COC1.CN1C(=O)C=CC1=O.COC(=O)CN1C(=O)C=CC1=O.COCC1(C)CO1.COCC1CCC2OC2C1.COCC1CO1.CS. The van der Waals surface area contributed by atoms with Crippen molar-refractivity contribution >= 4 is 65.9 Å². The first-order chi connectivity index (χ1) is 48.8. The summed E-state index contributed by atoms with van der Waals surface area (Å²) in [5.41, 5.74) is -0.402. The Morgan fingerprint density at radius 2 is 1.17 bits per heavy atom. The largest absolute Gasteiger partial charge is 0.834 e. The molecule has 104 heavy (non-hydrogen) atoms. The number of fused-ring (bicyclic) bond motifs is 1. The summed E-state index contributed by atoms with van der Waals surface area (Å²) in [6.07, 6.45) is 14.8. The van der Waals surface area contributed by atoms with Crippen molar-refractivity contribution in [1.29, 1.82) is 0 Å². The molecule has 9 rings (SSSR count). The van der Waals surface area contributed by atoms with Crippen LogP contribution in [0.5, 0.6) is 0 Å². The number of hydrogen-bond acceptors (Lipinski definition) is 28. The number of esters is 4. The highest BCUT2D eigenvalue weighted by atomic mass is 32.1. The van der Waals surface area contributed by atoms with Crippen molar-refractivity contribution in [1.82, 2.24) is 9.80 Å². The maximum absolute atomic E-state index is 11.5. The Balaban J connectivity index is -0.000000250. The summed E-state index contributed by atoms with van der Waals surface area (Å²) in [5, 5.41) is 9.54. The highest BCUT2D eigenvalue weighted by Gasteiger charge is 2.44. The van der Waals surface area contributed by atoms with Crippen LogP contribution < -0.4 is 5.11 Å². The Bertz CT molecular complexity index is 2510. The van der Waals surface area contributed by atoms with Crippen LogP contribution in [0.15, 0.2) is 99.4 Å². The molecule has 0 aromatic carbocycles. The molecule has 9 aliphatic rings. The van der Waals surface area contributed by atoms with Crippen LogP contribution in [0.2, 0.25) is 0 Å². The third-order valence-electron chi connectivity index (χ3n) is 13.4. The molecule has 0 aromatic heterocycles. The van der Waals surface area contributed by atoms with Gasteiger partial charge in [-0.05, 0) is 92.3 Å². The summed E-state index contributed by atoms with van der Waals surface area (Å²) in [5.74, 6) is -3.74. The molecule has 7 fully saturated rings. The number of alkyl halides is 3. The predicted octanol–water partition coefficient (Wildman–Crippen LogP) is 6.50. The fourth-order valence-corrected chi connectivity index (χ4v) is 6.41. The van der Waals surface area contributed by atoms with Gasteiger partial charge in [-0.15, -0.1) is 6.58 Å². The number of imide groups is 2. The van der Waals surface area contributed by atoms with Gasteiger partial charge in [-0.25, -0.2) is 14.4 Å². The Morgan fingerprint density at radius 3 is 1.37 bits per heavy atom. The maximum atomic E-state index is 11.5. The van der Waals surface area contributed by atoms with Gasteiger partial charge in [0, 0.05) is 90.6 Å². The standard InChI is InChI=1S/C8H14O2.C7H7NO4.C7H14O2.C5H5F3O2.C5H5NO2.C5H7O3.C5H10O2.C5H8O2.C5H10O.C4H8O2.C4H6O2.C4H8O.2C3H6O.CH4S/c1-9-5-6-2-3-7-8(4-6)10-7;1-12-7(11)4-8-5(9)2-3-6(8)10;1-3-7(4-8-2)5-9-6-7;1-3(4(9)10-2)5(6,7)8;1-6-4(7)2-3-5(6)8;1-2-5(7)3-8-4-6;1-5(3-6-2)4-7-5;1-4(2)5(6)7-3;1-4-5(2,3)6-4;1-5-2-4-3-6-4;1-3-4(5)6-2;1-3-4-5-2;1-3-2-4-3;1-3-4-2;1-2/h6-8H,2-5H2,1H3;2-3H,4H2,1H3;3-6H2,1-2H3;1H2,2H3;2-3H,1H3;2H,1,3-4H2;3-4H2,1-2H3;1H2,2-3H3;4H,1-3H3;4H,2-3H2,1H3;3H,1H2,2H3;3H,1,4H2,2H3;3H,2H2,1H3;3H,1H2,2H3;2H,1H3/q;;;;;-1;;;;;;;;;. The van der Waals surface area contributed by atoms with E-state index in [0.29, 0.717) is 48.1 Å². The van der Waals surface area contributed by atoms with Gasteiger partial charge in [0.15, 0.2) is 5.78 Å². The van der Waals surface area contributed by atoms with Gasteiger partial charge in [0.1, 0.15) is 30.4 Å². The van der Waals surface area contributed by atoms with Crippen molar-refractivity contribution in [3.8, 4) is 0 Å². The van der Waals surface area contributed by atoms with Gasteiger partial charge < -0.3 is 85.6 Å². The van der Waals surface area contributed by atoms with Crippen molar-refractivity contribution in [2.45, 2.75) is 122 Å². The number of hydrogen-bond donors (Lipinski definition) is 1. The topological polar surface area (TPSA) is 357 Å². The molecule has 0 aromatic rings. The van der Waals surface area contributed by atoms with E-state index in [0.717, 1.165) is 107 Å². The van der Waals surface area contributed by atoms with E-state index in [2.05, 4.69) is 120 Å². The first-order valence-corrected chi connectivity index (χ1v) is 32.9. The zero-order valence-electron chi connectivity index (χ0n) is 64.3. The van der Waals surface area contributed by atoms with Crippen LogP contribution in [-0.4, -0.2) is 281 Å². The molecule has 7 unspecified atom stereocenters. The van der Waals surface area contributed by atoms with E-state index in [1.54, 1.807) is 61.9 Å². The number of halogens is 3. The molecule has 0 bridgehead atoms. The fraction of sp³-hybridized carbons (Fsp3) is 0.648. The number of methoxy groups -OCH3 is 10. The Labute approximate surface area is 618 Å². The molecule has 0 spiro atoms. The van der Waals surface area contributed by atoms with Crippen LogP contribution in [0.3, 0.4) is 0 Å². The van der Waals surface area contributed by atoms with Gasteiger partial charge >= 0.3 is 30.1 Å². The number of rotatable bonds is 21.